The molecule has 0 unspecified atom stereocenters. The number of methoxy groups -OCH3 is 2. The SMILES string of the molecule is COc1ccc(NC(=O)c2ccccc2N2C(=O)[C@H]3C[C@H](C)CC[C@H]3C2=O)c(OC)c1. The Morgan fingerprint density at radius 3 is 2.48 bits per heavy atom. The Hall–Kier alpha value is -3.35. The molecule has 1 aliphatic carbocycles. The molecule has 7 heteroatoms. The van der Waals surface area contributed by atoms with E-state index in [0.29, 0.717) is 41.6 Å². The molecule has 2 aliphatic rings. The molecule has 0 aromatic heterocycles. The van der Waals surface area contributed by atoms with Crippen LogP contribution in [0.4, 0.5) is 11.4 Å². The van der Waals surface area contributed by atoms with Crippen molar-refractivity contribution in [3.8, 4) is 11.5 Å². The second-order valence-corrected chi connectivity index (χ2v) is 8.18. The summed E-state index contributed by atoms with van der Waals surface area (Å²) >= 11 is 0. The van der Waals surface area contributed by atoms with Crippen molar-refractivity contribution in [1.29, 1.82) is 0 Å². The topological polar surface area (TPSA) is 84.9 Å². The van der Waals surface area contributed by atoms with E-state index >= 15 is 0 Å². The molecule has 2 aromatic rings. The van der Waals surface area contributed by atoms with Gasteiger partial charge in [-0.25, -0.2) is 4.90 Å². The summed E-state index contributed by atoms with van der Waals surface area (Å²) in [5, 5.41) is 2.82. The van der Waals surface area contributed by atoms with Crippen molar-refractivity contribution >= 4 is 29.1 Å². The molecule has 31 heavy (non-hydrogen) atoms. The largest absolute Gasteiger partial charge is 0.497 e. The van der Waals surface area contributed by atoms with Gasteiger partial charge in [0.2, 0.25) is 11.8 Å². The second kappa shape index (κ2) is 8.41. The zero-order chi connectivity index (χ0) is 22.1. The molecule has 1 saturated carbocycles. The smallest absolute Gasteiger partial charge is 0.257 e. The predicted octanol–water partition coefficient (Wildman–Crippen LogP) is 3.88. The normalized spacial score (nSPS) is 22.8. The first-order valence-corrected chi connectivity index (χ1v) is 10.4. The van der Waals surface area contributed by atoms with Gasteiger partial charge in [0.1, 0.15) is 11.5 Å². The number of hydrogen-bond acceptors (Lipinski definition) is 5. The second-order valence-electron chi connectivity index (χ2n) is 8.18. The average Bonchev–Trinajstić information content (AvgIpc) is 3.03. The third kappa shape index (κ3) is 3.76. The van der Waals surface area contributed by atoms with Crippen LogP contribution in [0.1, 0.15) is 36.5 Å². The lowest BCUT2D eigenvalue weighted by Gasteiger charge is -2.25. The maximum absolute atomic E-state index is 13.1. The summed E-state index contributed by atoms with van der Waals surface area (Å²) in [5.41, 5.74) is 1.04. The van der Waals surface area contributed by atoms with Gasteiger partial charge in [-0.3, -0.25) is 14.4 Å². The molecule has 0 spiro atoms. The molecule has 0 radical (unpaired) electrons. The Morgan fingerprint density at radius 1 is 1.00 bits per heavy atom. The zero-order valence-electron chi connectivity index (χ0n) is 17.9. The van der Waals surface area contributed by atoms with Gasteiger partial charge >= 0.3 is 0 Å². The molecule has 1 saturated heterocycles. The number of anilines is 2. The lowest BCUT2D eigenvalue weighted by atomic mass is 9.76. The quantitative estimate of drug-likeness (QED) is 0.739. The molecular formula is C24H26N2O5. The third-order valence-electron chi connectivity index (χ3n) is 6.23. The van der Waals surface area contributed by atoms with Crippen molar-refractivity contribution in [2.45, 2.75) is 26.2 Å². The van der Waals surface area contributed by atoms with E-state index in [9.17, 15) is 14.4 Å². The summed E-state index contributed by atoms with van der Waals surface area (Å²) in [5.74, 6) is 0.0318. The first-order valence-electron chi connectivity index (χ1n) is 10.4. The Kier molecular flexibility index (Phi) is 5.67. The van der Waals surface area contributed by atoms with Crippen LogP contribution in [0.2, 0.25) is 0 Å². The molecule has 0 bridgehead atoms. The van der Waals surface area contributed by atoms with Crippen LogP contribution in [0.25, 0.3) is 0 Å². The number of nitrogens with one attached hydrogen (secondary N) is 1. The van der Waals surface area contributed by atoms with E-state index < -0.39 is 5.91 Å². The molecule has 2 fully saturated rings. The van der Waals surface area contributed by atoms with E-state index in [1.54, 1.807) is 49.6 Å². The fourth-order valence-electron chi connectivity index (χ4n) is 4.58. The van der Waals surface area contributed by atoms with Crippen molar-refractivity contribution in [3.63, 3.8) is 0 Å². The van der Waals surface area contributed by atoms with Gasteiger partial charge in [-0.2, -0.15) is 0 Å². The van der Waals surface area contributed by atoms with Gasteiger partial charge in [-0.15, -0.1) is 0 Å². The third-order valence-corrected chi connectivity index (χ3v) is 6.23. The maximum atomic E-state index is 13.1. The highest BCUT2D eigenvalue weighted by atomic mass is 16.5. The van der Waals surface area contributed by atoms with Crippen molar-refractivity contribution in [1.82, 2.24) is 0 Å². The summed E-state index contributed by atoms with van der Waals surface area (Å²) in [6, 6.07) is 11.8. The van der Waals surface area contributed by atoms with Gasteiger partial charge in [-0.1, -0.05) is 19.1 Å². The molecule has 7 nitrogen and oxygen atoms in total. The molecule has 1 heterocycles. The van der Waals surface area contributed by atoms with Gasteiger partial charge in [-0.05, 0) is 49.4 Å². The summed E-state index contributed by atoms with van der Waals surface area (Å²) in [4.78, 5) is 40.6. The number of para-hydroxylation sites is 1. The Balaban J connectivity index is 1.64. The van der Waals surface area contributed by atoms with Crippen LogP contribution in [0, 0.1) is 17.8 Å². The van der Waals surface area contributed by atoms with Crippen LogP contribution in [-0.2, 0) is 9.59 Å². The van der Waals surface area contributed by atoms with E-state index in [2.05, 4.69) is 12.2 Å². The standard InChI is InChI=1S/C24H26N2O5/c1-14-8-10-16-18(12-14)24(29)26(23(16)28)20-7-5-4-6-17(20)22(27)25-19-11-9-15(30-2)13-21(19)31-3/h4-7,9,11,13-14,16,18H,8,10,12H2,1-3H3,(H,25,27)/t14-,16-,18+/m1/s1. The summed E-state index contributed by atoms with van der Waals surface area (Å²) in [6.45, 7) is 2.11. The zero-order valence-corrected chi connectivity index (χ0v) is 17.9. The number of nitrogens with zero attached hydrogens (tertiary/aromatic N) is 1. The predicted molar refractivity (Wildman–Crippen MR) is 116 cm³/mol. The minimum Gasteiger partial charge on any atom is -0.497 e. The number of hydrogen-bond donors (Lipinski definition) is 1. The van der Waals surface area contributed by atoms with Gasteiger partial charge in [0.15, 0.2) is 0 Å². The molecule has 4 rings (SSSR count). The lowest BCUT2D eigenvalue weighted by molar-refractivity contribution is -0.122. The molecule has 3 atom stereocenters. The molecule has 162 valence electrons. The van der Waals surface area contributed by atoms with Gasteiger partial charge in [0.25, 0.3) is 5.91 Å². The first-order chi connectivity index (χ1) is 14.9. The molecule has 3 amide bonds. The number of carbonyl (C=O) groups excluding carboxylic acids is 3. The van der Waals surface area contributed by atoms with E-state index in [0.717, 1.165) is 6.42 Å². The first kappa shape index (κ1) is 20.9. The number of imide groups is 1. The Labute approximate surface area is 181 Å². The van der Waals surface area contributed by atoms with Gasteiger partial charge < -0.3 is 14.8 Å². The van der Waals surface area contributed by atoms with Crippen LogP contribution in [0.5, 0.6) is 11.5 Å². The summed E-state index contributed by atoms with van der Waals surface area (Å²) < 4.78 is 10.5. The summed E-state index contributed by atoms with van der Waals surface area (Å²) in [6.07, 6.45) is 2.36. The van der Waals surface area contributed by atoms with E-state index in [-0.39, 0.29) is 29.2 Å². The molecular weight excluding hydrogens is 396 g/mol. The van der Waals surface area contributed by atoms with Crippen molar-refractivity contribution in [3.05, 3.63) is 48.0 Å². The van der Waals surface area contributed by atoms with Crippen LogP contribution >= 0.6 is 0 Å². The monoisotopic (exact) mass is 422 g/mol. The van der Waals surface area contributed by atoms with Crippen LogP contribution in [0.15, 0.2) is 42.5 Å². The minimum absolute atomic E-state index is 0.204. The highest BCUT2D eigenvalue weighted by molar-refractivity contribution is 6.24. The fraction of sp³-hybridized carbons (Fsp3) is 0.375. The van der Waals surface area contributed by atoms with Gasteiger partial charge in [0.05, 0.1) is 43.0 Å². The number of benzene rings is 2. The fourth-order valence-corrected chi connectivity index (χ4v) is 4.58. The van der Waals surface area contributed by atoms with Crippen LogP contribution < -0.4 is 19.7 Å². The number of fused-ring (bicyclic) bond motifs is 1. The summed E-state index contributed by atoms with van der Waals surface area (Å²) in [7, 11) is 3.05. The number of rotatable bonds is 5. The molecule has 1 aliphatic heterocycles. The maximum Gasteiger partial charge on any atom is 0.257 e. The highest BCUT2D eigenvalue weighted by Crippen LogP contribution is 2.43. The van der Waals surface area contributed by atoms with Crippen molar-refractivity contribution < 1.29 is 23.9 Å². The van der Waals surface area contributed by atoms with Crippen molar-refractivity contribution in [2.75, 3.05) is 24.4 Å². The average molecular weight is 422 g/mol. The molecule has 1 N–H and O–H groups in total. The number of carbonyl (C=O) groups is 3. The van der Waals surface area contributed by atoms with E-state index in [4.69, 9.17) is 9.47 Å². The van der Waals surface area contributed by atoms with Gasteiger partial charge in [0, 0.05) is 6.07 Å². The Morgan fingerprint density at radius 2 is 1.74 bits per heavy atom. The van der Waals surface area contributed by atoms with Crippen LogP contribution in [0.3, 0.4) is 0 Å². The highest BCUT2D eigenvalue weighted by Gasteiger charge is 2.50. The van der Waals surface area contributed by atoms with E-state index in [1.807, 2.05) is 0 Å². The van der Waals surface area contributed by atoms with Crippen LogP contribution in [-0.4, -0.2) is 31.9 Å². The lowest BCUT2D eigenvalue weighted by Crippen LogP contribution is -2.33. The van der Waals surface area contributed by atoms with E-state index in [1.165, 1.54) is 12.0 Å². The minimum atomic E-state index is -0.428. The van der Waals surface area contributed by atoms with Crippen molar-refractivity contribution in [2.24, 2.45) is 17.8 Å². The Bertz CT molecular complexity index is 1030. The number of ether oxygens (including phenoxy) is 2. The number of amides is 3. The molecule has 2 aromatic carbocycles.